The summed E-state index contributed by atoms with van der Waals surface area (Å²) in [7, 11) is 1.50. The van der Waals surface area contributed by atoms with Crippen molar-refractivity contribution >= 4 is 22.5 Å². The highest BCUT2D eigenvalue weighted by Crippen LogP contribution is 2.34. The summed E-state index contributed by atoms with van der Waals surface area (Å²) in [4.78, 5) is 20.5. The van der Waals surface area contributed by atoms with Crippen molar-refractivity contribution in [1.29, 1.82) is 0 Å². The second-order valence-electron chi connectivity index (χ2n) is 5.15. The zero-order valence-electron chi connectivity index (χ0n) is 13.2. The first kappa shape index (κ1) is 18.9. The number of likely N-dealkylation sites (N-methyl/N-ethyl adjacent to an activating group) is 1. The number of nitrogens with one attached hydrogen (secondary N) is 1. The molecule has 0 spiro atoms. The summed E-state index contributed by atoms with van der Waals surface area (Å²) in [5.74, 6) is -0.0948. The number of pyridine rings is 1. The normalized spacial score (nSPS) is 12.6. The van der Waals surface area contributed by atoms with Gasteiger partial charge in [-0.15, -0.1) is 0 Å². The van der Waals surface area contributed by atoms with Crippen molar-refractivity contribution in [2.45, 2.75) is 19.2 Å². The number of carbonyl (C=O) groups is 1. The summed E-state index contributed by atoms with van der Waals surface area (Å²) in [6, 6.07) is 0.337. The molecule has 7 nitrogen and oxygen atoms in total. The van der Waals surface area contributed by atoms with Crippen LogP contribution in [0, 0.1) is 0 Å². The van der Waals surface area contributed by atoms with Crippen LogP contribution >= 0.6 is 11.3 Å². The van der Waals surface area contributed by atoms with Gasteiger partial charge in [0.1, 0.15) is 5.75 Å². The van der Waals surface area contributed by atoms with E-state index in [2.05, 4.69) is 15.3 Å². The van der Waals surface area contributed by atoms with E-state index in [1.165, 1.54) is 18.1 Å². The Bertz CT molecular complexity index is 736. The van der Waals surface area contributed by atoms with E-state index in [-0.39, 0.29) is 22.5 Å². The monoisotopic (exact) mass is 376 g/mol. The Labute approximate surface area is 145 Å². The average Bonchev–Trinajstić information content (AvgIpc) is 2.93. The number of urea groups is 1. The van der Waals surface area contributed by atoms with Gasteiger partial charge in [-0.25, -0.2) is 9.78 Å². The highest BCUT2D eigenvalue weighted by molar-refractivity contribution is 7.17. The molecule has 0 aliphatic rings. The maximum atomic E-state index is 12.6. The topological polar surface area (TPSA) is 87.6 Å². The molecule has 0 saturated carbocycles. The van der Waals surface area contributed by atoms with Crippen molar-refractivity contribution in [2.75, 3.05) is 18.9 Å². The molecule has 0 unspecified atom stereocenters. The van der Waals surface area contributed by atoms with Crippen LogP contribution in [0.1, 0.15) is 12.5 Å². The molecule has 2 N–H and O–H groups in total. The minimum absolute atomic E-state index is 0.0948. The molecule has 0 aromatic carbocycles. The average molecular weight is 376 g/mol. The number of halogens is 3. The van der Waals surface area contributed by atoms with Crippen molar-refractivity contribution in [3.05, 3.63) is 30.2 Å². The number of alkyl halides is 3. The Balaban J connectivity index is 2.01. The van der Waals surface area contributed by atoms with Crippen molar-refractivity contribution in [1.82, 2.24) is 14.9 Å². The summed E-state index contributed by atoms with van der Waals surface area (Å²) in [6.45, 7) is 1.68. The fraction of sp³-hybridized carbons (Fsp3) is 0.357. The maximum absolute atomic E-state index is 12.6. The predicted octanol–water partition coefficient (Wildman–Crippen LogP) is 3.19. The fourth-order valence-corrected chi connectivity index (χ4v) is 2.45. The summed E-state index contributed by atoms with van der Waals surface area (Å²) in [5.41, 5.74) is -0.928. The molecule has 2 aromatic heterocycles. The van der Waals surface area contributed by atoms with Crippen LogP contribution in [0.5, 0.6) is 10.8 Å². The number of aliphatic hydroxyl groups is 1. The molecule has 2 amide bonds. The number of aromatic nitrogens is 2. The van der Waals surface area contributed by atoms with Crippen LogP contribution in [0.2, 0.25) is 0 Å². The lowest BCUT2D eigenvalue weighted by atomic mass is 10.3. The first-order valence-electron chi connectivity index (χ1n) is 7.01. The lowest BCUT2D eigenvalue weighted by Gasteiger charge is -2.18. The van der Waals surface area contributed by atoms with Gasteiger partial charge >= 0.3 is 12.2 Å². The molecule has 136 valence electrons. The van der Waals surface area contributed by atoms with E-state index in [1.54, 1.807) is 6.92 Å². The number of hydrogen-bond acceptors (Lipinski definition) is 6. The molecule has 0 fully saturated rings. The van der Waals surface area contributed by atoms with E-state index in [1.807, 2.05) is 0 Å². The third-order valence-electron chi connectivity index (χ3n) is 2.84. The summed E-state index contributed by atoms with van der Waals surface area (Å²) in [5, 5.41) is 12.1. The van der Waals surface area contributed by atoms with Crippen molar-refractivity contribution in [2.24, 2.45) is 0 Å². The van der Waals surface area contributed by atoms with Gasteiger partial charge in [-0.1, -0.05) is 11.3 Å². The summed E-state index contributed by atoms with van der Waals surface area (Å²) < 4.78 is 43.2. The van der Waals surface area contributed by atoms with Gasteiger partial charge in [-0.3, -0.25) is 10.3 Å². The molecule has 2 rings (SSSR count). The fourth-order valence-electron chi connectivity index (χ4n) is 1.78. The first-order valence-corrected chi connectivity index (χ1v) is 7.83. The third-order valence-corrected chi connectivity index (χ3v) is 3.63. The van der Waals surface area contributed by atoms with Crippen molar-refractivity contribution in [3.8, 4) is 10.8 Å². The number of thiazole rings is 1. The second kappa shape index (κ2) is 7.66. The molecule has 1 atom stereocenters. The lowest BCUT2D eigenvalue weighted by molar-refractivity contribution is -0.137. The Morgan fingerprint density at radius 3 is 2.80 bits per heavy atom. The van der Waals surface area contributed by atoms with Gasteiger partial charge < -0.3 is 14.7 Å². The third kappa shape index (κ3) is 5.57. The zero-order valence-corrected chi connectivity index (χ0v) is 14.1. The minimum atomic E-state index is -4.52. The number of rotatable bonds is 5. The summed E-state index contributed by atoms with van der Waals surface area (Å²) >= 11 is 0.942. The smallest absolute Gasteiger partial charge is 0.418 e. The van der Waals surface area contributed by atoms with Crippen LogP contribution in [0.25, 0.3) is 0 Å². The zero-order chi connectivity index (χ0) is 18.6. The number of amides is 2. The van der Waals surface area contributed by atoms with Crippen LogP contribution in [0.3, 0.4) is 0 Å². The SMILES string of the molecule is C[C@H](O)CN(C)C(=O)Nc1ncc(Oc2cncc(C(F)(F)F)c2)s1. The van der Waals surface area contributed by atoms with Crippen LogP contribution in [-0.4, -0.2) is 45.7 Å². The molecule has 0 saturated heterocycles. The molecule has 0 aliphatic carbocycles. The van der Waals surface area contributed by atoms with Crippen LogP contribution in [0.15, 0.2) is 24.7 Å². The van der Waals surface area contributed by atoms with Gasteiger partial charge in [0.05, 0.1) is 24.1 Å². The molecular formula is C14H15F3N4O3S. The lowest BCUT2D eigenvalue weighted by Crippen LogP contribution is -2.36. The highest BCUT2D eigenvalue weighted by atomic mass is 32.1. The molecule has 0 radical (unpaired) electrons. The molecule has 0 aliphatic heterocycles. The van der Waals surface area contributed by atoms with Crippen LogP contribution < -0.4 is 10.1 Å². The van der Waals surface area contributed by atoms with Gasteiger partial charge in [0.2, 0.25) is 5.06 Å². The number of aliphatic hydroxyl groups excluding tert-OH is 1. The molecule has 25 heavy (non-hydrogen) atoms. The quantitative estimate of drug-likeness (QED) is 0.837. The van der Waals surface area contributed by atoms with Crippen LogP contribution in [0.4, 0.5) is 23.1 Å². The van der Waals surface area contributed by atoms with Gasteiger partial charge in [0.15, 0.2) is 5.13 Å². The standard InChI is InChI=1S/C14H15F3N4O3S/c1-8(22)7-21(2)13(23)20-12-19-6-11(25-12)24-10-3-9(4-18-5-10)14(15,16)17/h3-6,8,22H,7H2,1-2H3,(H,19,20,23)/t8-/m0/s1. The minimum Gasteiger partial charge on any atom is -0.443 e. The second-order valence-corrected chi connectivity index (χ2v) is 6.15. The van der Waals surface area contributed by atoms with Crippen molar-refractivity contribution < 1.29 is 27.8 Å². The predicted molar refractivity (Wildman–Crippen MR) is 84.8 cm³/mol. The molecule has 0 bridgehead atoms. The molecule has 2 aromatic rings. The Hall–Kier alpha value is -2.40. The number of ether oxygens (including phenoxy) is 1. The van der Waals surface area contributed by atoms with Gasteiger partial charge in [-0.2, -0.15) is 13.2 Å². The van der Waals surface area contributed by atoms with E-state index >= 15 is 0 Å². The Morgan fingerprint density at radius 2 is 2.16 bits per heavy atom. The first-order chi connectivity index (χ1) is 11.6. The molecule has 2 heterocycles. The van der Waals surface area contributed by atoms with E-state index < -0.39 is 23.9 Å². The van der Waals surface area contributed by atoms with Gasteiger partial charge in [0, 0.05) is 19.8 Å². The number of anilines is 1. The number of nitrogens with zero attached hydrogens (tertiary/aromatic N) is 3. The Morgan fingerprint density at radius 1 is 1.44 bits per heavy atom. The summed E-state index contributed by atoms with van der Waals surface area (Å²) in [6.07, 6.45) is -2.09. The largest absolute Gasteiger partial charge is 0.443 e. The highest BCUT2D eigenvalue weighted by Gasteiger charge is 2.31. The van der Waals surface area contributed by atoms with E-state index in [0.29, 0.717) is 6.20 Å². The van der Waals surface area contributed by atoms with E-state index in [4.69, 9.17) is 4.74 Å². The van der Waals surface area contributed by atoms with E-state index in [9.17, 15) is 23.1 Å². The van der Waals surface area contributed by atoms with Crippen molar-refractivity contribution in [3.63, 3.8) is 0 Å². The maximum Gasteiger partial charge on any atom is 0.418 e. The number of carbonyl (C=O) groups excluding carboxylic acids is 1. The molecule has 11 heteroatoms. The van der Waals surface area contributed by atoms with Crippen LogP contribution in [-0.2, 0) is 6.18 Å². The van der Waals surface area contributed by atoms with E-state index in [0.717, 1.165) is 23.6 Å². The number of hydrogen-bond donors (Lipinski definition) is 2. The van der Waals surface area contributed by atoms with Gasteiger partial charge in [0.25, 0.3) is 0 Å². The van der Waals surface area contributed by atoms with Gasteiger partial charge in [-0.05, 0) is 13.0 Å². The Kier molecular flexibility index (Phi) is 5.80. The molecular weight excluding hydrogens is 361 g/mol.